The first-order valence-corrected chi connectivity index (χ1v) is 2.48. The maximum Gasteiger partial charge on any atom is 0.222 e. The van der Waals surface area contributed by atoms with E-state index in [2.05, 4.69) is 4.99 Å². The van der Waals surface area contributed by atoms with Crippen LogP contribution >= 0.6 is 0 Å². The van der Waals surface area contributed by atoms with Crippen LogP contribution in [0.2, 0.25) is 0 Å². The summed E-state index contributed by atoms with van der Waals surface area (Å²) < 4.78 is -0.128. The predicted molar refractivity (Wildman–Crippen MR) is 30.5 cm³/mol. The Morgan fingerprint density at radius 2 is 2.50 bits per heavy atom. The maximum absolute atomic E-state index is 9.11. The summed E-state index contributed by atoms with van der Waals surface area (Å²) in [7, 11) is 1.67. The summed E-state index contributed by atoms with van der Waals surface area (Å²) in [6.45, 7) is 0.615. The predicted octanol–water partition coefficient (Wildman–Crippen LogP) is 0.378. The van der Waals surface area contributed by atoms with Crippen molar-refractivity contribution in [2.75, 3.05) is 13.6 Å². The zero-order chi connectivity index (χ0) is 6.04. The third-order valence-corrected chi connectivity index (χ3v) is 0.982. The van der Waals surface area contributed by atoms with Crippen molar-refractivity contribution in [3.05, 3.63) is 12.3 Å². The molecule has 0 saturated carbocycles. The van der Waals surface area contributed by atoms with Gasteiger partial charge in [-0.2, -0.15) is 0 Å². The summed E-state index contributed by atoms with van der Waals surface area (Å²) >= 11 is 0. The molecule has 0 spiro atoms. The van der Waals surface area contributed by atoms with Gasteiger partial charge < -0.3 is 0 Å². The zero-order valence-corrected chi connectivity index (χ0v) is 4.78. The summed E-state index contributed by atoms with van der Waals surface area (Å²) in [6, 6.07) is 0. The number of likely N-dealkylation sites (N-methyl/N-ethyl adjacent to an activating group) is 1. The Morgan fingerprint density at radius 1 is 1.75 bits per heavy atom. The molecule has 1 atom stereocenters. The molecule has 1 unspecified atom stereocenters. The standard InChI is InChI=1S/C5H9N2O/c1-7(8)4-2-3-6-5-7/h2-3,5,8H,4H2,1H3/q+1. The summed E-state index contributed by atoms with van der Waals surface area (Å²) in [5, 5.41) is 9.11. The van der Waals surface area contributed by atoms with Gasteiger partial charge in [-0.3, -0.25) is 0 Å². The lowest BCUT2D eigenvalue weighted by molar-refractivity contribution is -1.01. The molecule has 0 saturated heterocycles. The first kappa shape index (κ1) is 5.47. The second kappa shape index (κ2) is 1.69. The van der Waals surface area contributed by atoms with Crippen LogP contribution < -0.4 is 0 Å². The minimum atomic E-state index is -0.128. The molecule has 0 aromatic carbocycles. The zero-order valence-electron chi connectivity index (χ0n) is 4.78. The van der Waals surface area contributed by atoms with Crippen molar-refractivity contribution in [3.8, 4) is 0 Å². The van der Waals surface area contributed by atoms with Gasteiger partial charge in [-0.1, -0.05) is 0 Å². The highest BCUT2D eigenvalue weighted by Crippen LogP contribution is 1.96. The van der Waals surface area contributed by atoms with E-state index in [1.54, 1.807) is 13.2 Å². The quantitative estimate of drug-likeness (QED) is 0.452. The van der Waals surface area contributed by atoms with Crippen LogP contribution in [0.3, 0.4) is 0 Å². The average molecular weight is 113 g/mol. The third kappa shape index (κ3) is 1.15. The highest BCUT2D eigenvalue weighted by molar-refractivity contribution is 5.47. The minimum Gasteiger partial charge on any atom is -0.211 e. The number of nitrogens with zero attached hydrogens (tertiary/aromatic N) is 2. The van der Waals surface area contributed by atoms with Crippen LogP contribution in [0.5, 0.6) is 0 Å². The second-order valence-corrected chi connectivity index (χ2v) is 2.05. The maximum atomic E-state index is 9.11. The fourth-order valence-corrected chi connectivity index (χ4v) is 0.551. The van der Waals surface area contributed by atoms with Gasteiger partial charge in [0.2, 0.25) is 6.34 Å². The van der Waals surface area contributed by atoms with Crippen LogP contribution in [0.1, 0.15) is 0 Å². The molecule has 0 aromatic heterocycles. The number of hydroxylamine groups is 3. The summed E-state index contributed by atoms with van der Waals surface area (Å²) in [5.74, 6) is 0. The van der Waals surface area contributed by atoms with Crippen molar-refractivity contribution in [2.24, 2.45) is 4.99 Å². The van der Waals surface area contributed by atoms with Crippen molar-refractivity contribution >= 4 is 6.34 Å². The molecule has 44 valence electrons. The van der Waals surface area contributed by atoms with Crippen molar-refractivity contribution in [3.63, 3.8) is 0 Å². The van der Waals surface area contributed by atoms with Crippen LogP contribution in [-0.4, -0.2) is 29.8 Å². The summed E-state index contributed by atoms with van der Waals surface area (Å²) in [4.78, 5) is 3.75. The normalized spacial score (nSPS) is 35.8. The average Bonchev–Trinajstić information content (AvgIpc) is 1.65. The van der Waals surface area contributed by atoms with Gasteiger partial charge in [0.05, 0.1) is 0 Å². The molecular weight excluding hydrogens is 104 g/mol. The van der Waals surface area contributed by atoms with E-state index in [0.717, 1.165) is 0 Å². The topological polar surface area (TPSA) is 32.6 Å². The summed E-state index contributed by atoms with van der Waals surface area (Å²) in [5.41, 5.74) is 0. The van der Waals surface area contributed by atoms with Gasteiger partial charge in [0.15, 0.2) is 0 Å². The molecule has 1 N–H and O–H groups in total. The molecule has 1 aliphatic heterocycles. The molecule has 3 heteroatoms. The van der Waals surface area contributed by atoms with E-state index >= 15 is 0 Å². The van der Waals surface area contributed by atoms with Crippen LogP contribution in [0.25, 0.3) is 0 Å². The number of rotatable bonds is 0. The Kier molecular flexibility index (Phi) is 1.15. The van der Waals surface area contributed by atoms with Gasteiger partial charge in [-0.15, -0.1) is 4.65 Å². The van der Waals surface area contributed by atoms with E-state index in [9.17, 15) is 0 Å². The molecule has 0 fully saturated rings. The Labute approximate surface area is 48.1 Å². The number of aliphatic imine (C=N–C) groups is 1. The highest BCUT2D eigenvalue weighted by atomic mass is 16.5. The lowest BCUT2D eigenvalue weighted by Crippen LogP contribution is -2.39. The SMILES string of the molecule is C[N+]1(O)C=NC=CC1. The van der Waals surface area contributed by atoms with Crippen molar-refractivity contribution in [1.82, 2.24) is 0 Å². The fraction of sp³-hybridized carbons (Fsp3) is 0.400. The smallest absolute Gasteiger partial charge is 0.211 e. The van der Waals surface area contributed by atoms with E-state index in [1.807, 2.05) is 6.08 Å². The number of quaternary nitrogens is 1. The van der Waals surface area contributed by atoms with E-state index in [4.69, 9.17) is 5.21 Å². The third-order valence-electron chi connectivity index (χ3n) is 0.982. The first-order chi connectivity index (χ1) is 3.71. The molecular formula is C5H9N2O+. The second-order valence-electron chi connectivity index (χ2n) is 2.05. The fourth-order valence-electron chi connectivity index (χ4n) is 0.551. The monoisotopic (exact) mass is 113 g/mol. The Bertz CT molecular complexity index is 137. The molecule has 0 aromatic rings. The van der Waals surface area contributed by atoms with Gasteiger partial charge in [0.25, 0.3) is 0 Å². The molecule has 0 amide bonds. The lowest BCUT2D eigenvalue weighted by atomic mass is 10.5. The lowest BCUT2D eigenvalue weighted by Gasteiger charge is -2.18. The molecule has 0 bridgehead atoms. The number of hydrogen-bond donors (Lipinski definition) is 1. The van der Waals surface area contributed by atoms with Gasteiger partial charge in [-0.05, 0) is 6.08 Å². The van der Waals surface area contributed by atoms with E-state index in [0.29, 0.717) is 6.54 Å². The molecule has 0 aliphatic carbocycles. The van der Waals surface area contributed by atoms with E-state index in [-0.39, 0.29) is 4.65 Å². The van der Waals surface area contributed by atoms with Crippen LogP contribution in [-0.2, 0) is 0 Å². The van der Waals surface area contributed by atoms with Gasteiger partial charge in [0, 0.05) is 6.20 Å². The molecule has 1 heterocycles. The minimum absolute atomic E-state index is 0.128. The highest BCUT2D eigenvalue weighted by Gasteiger charge is 2.14. The van der Waals surface area contributed by atoms with Crippen molar-refractivity contribution < 1.29 is 9.85 Å². The van der Waals surface area contributed by atoms with Crippen LogP contribution in [0, 0.1) is 0 Å². The Morgan fingerprint density at radius 3 is 2.75 bits per heavy atom. The van der Waals surface area contributed by atoms with Gasteiger partial charge >= 0.3 is 0 Å². The van der Waals surface area contributed by atoms with Crippen molar-refractivity contribution in [2.45, 2.75) is 0 Å². The van der Waals surface area contributed by atoms with Crippen LogP contribution in [0.15, 0.2) is 17.3 Å². The van der Waals surface area contributed by atoms with Gasteiger partial charge in [-0.25, -0.2) is 10.2 Å². The van der Waals surface area contributed by atoms with Crippen molar-refractivity contribution in [1.29, 1.82) is 0 Å². The molecule has 1 aliphatic rings. The first-order valence-electron chi connectivity index (χ1n) is 2.48. The van der Waals surface area contributed by atoms with E-state index in [1.165, 1.54) is 6.34 Å². The van der Waals surface area contributed by atoms with Gasteiger partial charge in [0.1, 0.15) is 13.6 Å². The van der Waals surface area contributed by atoms with Crippen LogP contribution in [0.4, 0.5) is 0 Å². The molecule has 8 heavy (non-hydrogen) atoms. The molecule has 3 nitrogen and oxygen atoms in total. The molecule has 1 rings (SSSR count). The Balaban J connectivity index is 2.65. The molecule has 0 radical (unpaired) electrons. The van der Waals surface area contributed by atoms with E-state index < -0.39 is 0 Å². The number of hydrogen-bond acceptors (Lipinski definition) is 2. The Hall–Kier alpha value is -0.670. The largest absolute Gasteiger partial charge is 0.222 e. The summed E-state index contributed by atoms with van der Waals surface area (Å²) in [6.07, 6.45) is 4.98.